The first-order valence-corrected chi connectivity index (χ1v) is 7.21. The summed E-state index contributed by atoms with van der Waals surface area (Å²) in [6, 6.07) is 5.88. The molecule has 0 saturated carbocycles. The van der Waals surface area contributed by atoms with E-state index in [0.717, 1.165) is 18.5 Å². The van der Waals surface area contributed by atoms with Crippen molar-refractivity contribution in [3.05, 3.63) is 29.3 Å². The van der Waals surface area contributed by atoms with Crippen molar-refractivity contribution in [1.29, 1.82) is 0 Å². The molecule has 1 heterocycles. The summed E-state index contributed by atoms with van der Waals surface area (Å²) in [5.41, 5.74) is 8.42. The van der Waals surface area contributed by atoms with Crippen molar-refractivity contribution >= 4 is 23.6 Å². The fourth-order valence-corrected chi connectivity index (χ4v) is 2.56. The van der Waals surface area contributed by atoms with Crippen molar-refractivity contribution in [3.63, 3.8) is 0 Å². The summed E-state index contributed by atoms with van der Waals surface area (Å²) in [4.78, 5) is 12.3. The second kappa shape index (κ2) is 5.26. The molecule has 0 aromatic heterocycles. The minimum atomic E-state index is -0.527. The molecule has 5 heteroatoms. The molecule has 0 aliphatic carbocycles. The predicted octanol–water partition coefficient (Wildman–Crippen LogP) is 3.27. The van der Waals surface area contributed by atoms with Crippen LogP contribution < -0.4 is 5.73 Å². The number of carbonyl (C=O) groups is 1. The molecule has 0 saturated heterocycles. The zero-order valence-electron chi connectivity index (χ0n) is 12.3. The average molecular weight is 298 g/mol. The molecule has 0 radical (unpaired) electrons. The minimum Gasteiger partial charge on any atom is -0.413 e. The van der Waals surface area contributed by atoms with Crippen LogP contribution in [0.15, 0.2) is 18.2 Å². The number of quaternary nitrogens is 1. The summed E-state index contributed by atoms with van der Waals surface area (Å²) in [7, 11) is 0. The molecule has 1 aromatic carbocycles. The van der Waals surface area contributed by atoms with Crippen LogP contribution in [0.5, 0.6) is 0 Å². The lowest BCUT2D eigenvalue weighted by molar-refractivity contribution is -0.740. The Hall–Kier alpha value is -1.26. The number of ether oxygens (including phenoxy) is 1. The number of amides is 1. The minimum absolute atomic E-state index is 0.203. The number of nitrogens with two attached hydrogens (primary N) is 1. The van der Waals surface area contributed by atoms with Crippen molar-refractivity contribution in [3.8, 4) is 0 Å². The van der Waals surface area contributed by atoms with Crippen molar-refractivity contribution in [2.75, 3.05) is 18.8 Å². The highest BCUT2D eigenvalue weighted by Gasteiger charge is 2.41. The predicted molar refractivity (Wildman–Crippen MR) is 80.3 cm³/mol. The number of nitrogens with zero attached hydrogens (tertiary/aromatic N) is 1. The van der Waals surface area contributed by atoms with E-state index in [9.17, 15) is 4.79 Å². The maximum atomic E-state index is 12.3. The molecule has 1 aromatic rings. The molecule has 1 aliphatic heterocycles. The fourth-order valence-electron chi connectivity index (χ4n) is 2.36. The Bertz CT molecular complexity index is 525. The van der Waals surface area contributed by atoms with Gasteiger partial charge in [-0.25, -0.2) is 0 Å². The van der Waals surface area contributed by atoms with Crippen molar-refractivity contribution in [1.82, 2.24) is 0 Å². The zero-order valence-corrected chi connectivity index (χ0v) is 13.0. The summed E-state index contributed by atoms with van der Waals surface area (Å²) in [5, 5.41) is 0. The van der Waals surface area contributed by atoms with Gasteiger partial charge in [0.25, 0.3) is 0 Å². The highest BCUT2D eigenvalue weighted by molar-refractivity contribution is 6.11. The quantitative estimate of drug-likeness (QED) is 0.590. The topological polar surface area (TPSA) is 52.3 Å². The highest BCUT2D eigenvalue weighted by atomic mass is 35.5. The normalized spacial score (nSPS) is 22.8. The van der Waals surface area contributed by atoms with E-state index >= 15 is 0 Å². The monoisotopic (exact) mass is 297 g/mol. The van der Waals surface area contributed by atoms with E-state index in [4.69, 9.17) is 22.2 Å². The largest absolute Gasteiger partial charge is 0.535 e. The van der Waals surface area contributed by atoms with E-state index in [2.05, 4.69) is 0 Å². The number of hydrogen-bond acceptors (Lipinski definition) is 3. The van der Waals surface area contributed by atoms with Crippen LogP contribution in [0.3, 0.4) is 0 Å². The molecule has 0 bridgehead atoms. The van der Waals surface area contributed by atoms with Crippen LogP contribution >= 0.6 is 11.8 Å². The molecule has 110 valence electrons. The summed E-state index contributed by atoms with van der Waals surface area (Å²) < 4.78 is 5.23. The molecule has 0 spiro atoms. The standard InChI is InChI=1S/C15H22ClN2O2/c1-15(2,3)20-14(19)18(16)8-6-11-4-5-13(17)10-12(11)7-9-18/h4-5,10H,6-9,17H2,1-3H3/q+1. The smallest absolute Gasteiger partial charge is 0.413 e. The van der Waals surface area contributed by atoms with Gasteiger partial charge in [0.1, 0.15) is 18.7 Å². The van der Waals surface area contributed by atoms with Gasteiger partial charge in [0, 0.05) is 18.5 Å². The second-order valence-electron chi connectivity index (χ2n) is 6.32. The molecule has 2 N–H and O–H groups in total. The molecule has 0 fully saturated rings. The van der Waals surface area contributed by atoms with Gasteiger partial charge in [0.05, 0.1) is 0 Å². The van der Waals surface area contributed by atoms with Crippen LogP contribution in [0.4, 0.5) is 10.5 Å². The molecule has 20 heavy (non-hydrogen) atoms. The summed E-state index contributed by atoms with van der Waals surface area (Å²) >= 11 is 6.50. The fraction of sp³-hybridized carbons (Fsp3) is 0.533. The number of rotatable bonds is 0. The van der Waals surface area contributed by atoms with Crippen LogP contribution in [0.2, 0.25) is 0 Å². The number of carbonyl (C=O) groups excluding carboxylic acids is 1. The Kier molecular flexibility index (Phi) is 3.98. The Morgan fingerprint density at radius 3 is 2.45 bits per heavy atom. The molecule has 1 amide bonds. The molecular formula is C15H22ClN2O2+. The average Bonchev–Trinajstić information content (AvgIpc) is 2.48. The van der Waals surface area contributed by atoms with Gasteiger partial charge in [0.15, 0.2) is 11.8 Å². The summed E-state index contributed by atoms with van der Waals surface area (Å²) in [5.74, 6) is 0. The number of fused-ring (bicyclic) bond motifs is 1. The number of hydrogen-bond donors (Lipinski definition) is 1. The number of anilines is 1. The lowest BCUT2D eigenvalue weighted by Crippen LogP contribution is -2.48. The maximum absolute atomic E-state index is 12.3. The molecule has 1 unspecified atom stereocenters. The van der Waals surface area contributed by atoms with Crippen molar-refractivity contribution < 1.29 is 13.5 Å². The number of benzene rings is 1. The zero-order chi connectivity index (χ0) is 15.0. The van der Waals surface area contributed by atoms with Crippen LogP contribution in [-0.2, 0) is 17.6 Å². The third kappa shape index (κ3) is 3.44. The van der Waals surface area contributed by atoms with Crippen LogP contribution in [-0.4, -0.2) is 28.8 Å². The Morgan fingerprint density at radius 2 is 1.85 bits per heavy atom. The number of halogens is 1. The highest BCUT2D eigenvalue weighted by Crippen LogP contribution is 2.27. The van der Waals surface area contributed by atoms with Gasteiger partial charge in [-0.1, -0.05) is 6.07 Å². The first-order chi connectivity index (χ1) is 9.20. The second-order valence-corrected chi connectivity index (χ2v) is 6.97. The first kappa shape index (κ1) is 15.1. The van der Waals surface area contributed by atoms with Gasteiger partial charge in [-0.2, -0.15) is 4.79 Å². The van der Waals surface area contributed by atoms with E-state index in [1.165, 1.54) is 11.1 Å². The molecule has 2 rings (SSSR count). The molecular weight excluding hydrogens is 276 g/mol. The molecule has 4 nitrogen and oxygen atoms in total. The third-order valence-electron chi connectivity index (χ3n) is 3.42. The van der Waals surface area contributed by atoms with Gasteiger partial charge in [-0.05, 0) is 44.0 Å². The Labute approximate surface area is 125 Å². The molecule has 1 atom stereocenters. The summed E-state index contributed by atoms with van der Waals surface area (Å²) in [6.45, 7) is 6.60. The van der Waals surface area contributed by atoms with E-state index < -0.39 is 5.60 Å². The van der Waals surface area contributed by atoms with E-state index in [-0.39, 0.29) is 10.1 Å². The number of nitrogen functional groups attached to an aromatic ring is 1. The lowest BCUT2D eigenvalue weighted by atomic mass is 10.0. The van der Waals surface area contributed by atoms with E-state index in [0.29, 0.717) is 13.1 Å². The van der Waals surface area contributed by atoms with Gasteiger partial charge in [-0.3, -0.25) is 0 Å². The maximum Gasteiger partial charge on any atom is 0.535 e. The van der Waals surface area contributed by atoms with Crippen molar-refractivity contribution in [2.24, 2.45) is 0 Å². The van der Waals surface area contributed by atoms with E-state index in [1.54, 1.807) is 0 Å². The van der Waals surface area contributed by atoms with Crippen LogP contribution in [0.25, 0.3) is 0 Å². The Morgan fingerprint density at radius 1 is 1.25 bits per heavy atom. The Balaban J connectivity index is 2.16. The van der Waals surface area contributed by atoms with Gasteiger partial charge < -0.3 is 10.5 Å². The first-order valence-electron chi connectivity index (χ1n) is 6.87. The van der Waals surface area contributed by atoms with Gasteiger partial charge in [0.2, 0.25) is 0 Å². The molecule has 1 aliphatic rings. The lowest BCUT2D eigenvalue weighted by Gasteiger charge is -2.27. The van der Waals surface area contributed by atoms with Gasteiger partial charge >= 0.3 is 6.09 Å². The van der Waals surface area contributed by atoms with Crippen molar-refractivity contribution in [2.45, 2.75) is 39.2 Å². The van der Waals surface area contributed by atoms with E-state index in [1.807, 2.05) is 39.0 Å². The van der Waals surface area contributed by atoms with Crippen LogP contribution in [0, 0.1) is 0 Å². The van der Waals surface area contributed by atoms with Gasteiger partial charge in [-0.15, -0.1) is 4.00 Å². The summed E-state index contributed by atoms with van der Waals surface area (Å²) in [6.07, 6.45) is 1.10. The van der Waals surface area contributed by atoms with Crippen LogP contribution in [0.1, 0.15) is 31.9 Å². The third-order valence-corrected chi connectivity index (χ3v) is 3.90. The SMILES string of the molecule is CC(C)(C)OC(=O)[N+]1(Cl)CCc2ccc(N)cc2CC1.